The van der Waals surface area contributed by atoms with Crippen molar-refractivity contribution in [3.63, 3.8) is 0 Å². The largest absolute Gasteiger partial charge is 0.444 e. The summed E-state index contributed by atoms with van der Waals surface area (Å²) in [7, 11) is 1.27. The second-order valence-electron chi connectivity index (χ2n) is 4.53. The fourth-order valence-electron chi connectivity index (χ4n) is 1.71. The van der Waals surface area contributed by atoms with Crippen LogP contribution in [0.2, 0.25) is 0 Å². The molecule has 7 heteroatoms. The second kappa shape index (κ2) is 7.58. The van der Waals surface area contributed by atoms with E-state index in [4.69, 9.17) is 9.94 Å². The highest BCUT2D eigenvalue weighted by Gasteiger charge is 2.09. The number of nitrogens with one attached hydrogen (secondary N) is 1. The first-order valence-electron chi connectivity index (χ1n) is 6.55. The van der Waals surface area contributed by atoms with Gasteiger partial charge in [0.05, 0.1) is 0 Å². The monoisotopic (exact) mass is 320 g/mol. The summed E-state index contributed by atoms with van der Waals surface area (Å²) < 4.78 is 5.07. The van der Waals surface area contributed by atoms with Gasteiger partial charge in [-0.1, -0.05) is 18.2 Å². The van der Waals surface area contributed by atoms with Crippen LogP contribution in [0.5, 0.6) is 0 Å². The maximum absolute atomic E-state index is 11.6. The Labute approximate surface area is 131 Å². The average Bonchev–Trinajstić information content (AvgIpc) is 3.04. The smallest absolute Gasteiger partial charge is 0.407 e. The topological polar surface area (TPSA) is 78.9 Å². The van der Waals surface area contributed by atoms with Gasteiger partial charge in [0.2, 0.25) is 0 Å². The zero-order chi connectivity index (χ0) is 15.9. The molecule has 0 aliphatic carbocycles. The molecule has 0 fully saturated rings. The zero-order valence-corrected chi connectivity index (χ0v) is 12.8. The first-order valence-corrected chi connectivity index (χ1v) is 7.43. The number of rotatable bonds is 5. The number of ether oxygens (including phenoxy) is 1. The van der Waals surface area contributed by atoms with Crippen LogP contribution in [0.15, 0.2) is 41.8 Å². The number of hydrogen-bond donors (Lipinski definition) is 2. The summed E-state index contributed by atoms with van der Waals surface area (Å²) >= 11 is 1.52. The van der Waals surface area contributed by atoms with Crippen LogP contribution < -0.4 is 5.32 Å². The van der Waals surface area contributed by atoms with Crippen molar-refractivity contribution in [2.45, 2.75) is 13.2 Å². The van der Waals surface area contributed by atoms with Crippen molar-refractivity contribution in [3.05, 3.63) is 57.8 Å². The van der Waals surface area contributed by atoms with Crippen molar-refractivity contribution in [3.8, 4) is 0 Å². The molecule has 0 unspecified atom stereocenters. The number of thiophene rings is 1. The van der Waals surface area contributed by atoms with Crippen molar-refractivity contribution in [1.29, 1.82) is 0 Å². The molecule has 0 radical (unpaired) electrons. The standard InChI is InChI=1S/C15H16N2O4S/c1-17(20)14(18)12-6-4-11(5-7-12)9-16-15(19)21-10-13-3-2-8-22-13/h2-8,20H,9-10H2,1H3,(H,16,19). The molecule has 1 aromatic carbocycles. The molecule has 0 atom stereocenters. The van der Waals surface area contributed by atoms with Crippen molar-refractivity contribution in [2.24, 2.45) is 0 Å². The molecule has 0 aliphatic rings. The lowest BCUT2D eigenvalue weighted by Crippen LogP contribution is -2.24. The fourth-order valence-corrected chi connectivity index (χ4v) is 2.32. The van der Waals surface area contributed by atoms with Gasteiger partial charge in [-0.2, -0.15) is 0 Å². The normalized spacial score (nSPS) is 10.1. The number of amides is 2. The van der Waals surface area contributed by atoms with E-state index in [-0.39, 0.29) is 6.61 Å². The van der Waals surface area contributed by atoms with E-state index in [0.29, 0.717) is 17.2 Å². The van der Waals surface area contributed by atoms with Crippen LogP contribution >= 0.6 is 11.3 Å². The van der Waals surface area contributed by atoms with Gasteiger partial charge in [0.1, 0.15) is 6.61 Å². The molecule has 0 bridgehead atoms. The summed E-state index contributed by atoms with van der Waals surface area (Å²) in [5.74, 6) is -0.491. The maximum Gasteiger partial charge on any atom is 0.407 e. The Morgan fingerprint density at radius 1 is 1.27 bits per heavy atom. The Kier molecular flexibility index (Phi) is 5.51. The number of nitrogens with zero attached hydrogens (tertiary/aromatic N) is 1. The summed E-state index contributed by atoms with van der Waals surface area (Å²) in [6.45, 7) is 0.548. The van der Waals surface area contributed by atoms with E-state index in [1.54, 1.807) is 24.3 Å². The summed E-state index contributed by atoms with van der Waals surface area (Å²) in [6.07, 6.45) is -0.497. The highest BCUT2D eigenvalue weighted by Crippen LogP contribution is 2.10. The van der Waals surface area contributed by atoms with Gasteiger partial charge in [-0.15, -0.1) is 11.3 Å². The molecule has 0 aliphatic heterocycles. The Morgan fingerprint density at radius 3 is 2.59 bits per heavy atom. The molecule has 0 spiro atoms. The quantitative estimate of drug-likeness (QED) is 0.656. The van der Waals surface area contributed by atoms with Crippen LogP contribution in [-0.2, 0) is 17.9 Å². The Hall–Kier alpha value is -2.38. The summed E-state index contributed by atoms with van der Waals surface area (Å²) in [5, 5.41) is 14.1. The van der Waals surface area contributed by atoms with Crippen LogP contribution in [0.4, 0.5) is 4.79 Å². The van der Waals surface area contributed by atoms with Gasteiger partial charge in [-0.05, 0) is 29.1 Å². The summed E-state index contributed by atoms with van der Waals surface area (Å²) in [5.41, 5.74) is 1.19. The van der Waals surface area contributed by atoms with Gasteiger partial charge in [0.15, 0.2) is 0 Å². The highest BCUT2D eigenvalue weighted by atomic mass is 32.1. The van der Waals surface area contributed by atoms with Crippen LogP contribution in [-0.4, -0.2) is 29.3 Å². The van der Waals surface area contributed by atoms with Crippen molar-refractivity contribution < 1.29 is 19.5 Å². The fraction of sp³-hybridized carbons (Fsp3) is 0.200. The third kappa shape index (κ3) is 4.57. The first-order chi connectivity index (χ1) is 10.6. The number of carbonyl (C=O) groups is 2. The molecule has 2 amide bonds. The average molecular weight is 320 g/mol. The predicted octanol–water partition coefficient (Wildman–Crippen LogP) is 2.64. The molecular formula is C15H16N2O4S. The number of benzene rings is 1. The van der Waals surface area contributed by atoms with E-state index in [2.05, 4.69) is 5.32 Å². The van der Waals surface area contributed by atoms with Gasteiger partial charge in [0, 0.05) is 24.0 Å². The molecule has 2 aromatic rings. The molecule has 1 aromatic heterocycles. The predicted molar refractivity (Wildman–Crippen MR) is 81.7 cm³/mol. The molecule has 0 saturated carbocycles. The zero-order valence-electron chi connectivity index (χ0n) is 12.0. The number of hydrogen-bond acceptors (Lipinski definition) is 5. The third-order valence-corrected chi connectivity index (χ3v) is 3.71. The molecule has 22 heavy (non-hydrogen) atoms. The second-order valence-corrected chi connectivity index (χ2v) is 5.57. The van der Waals surface area contributed by atoms with Crippen LogP contribution in [0.25, 0.3) is 0 Å². The maximum atomic E-state index is 11.6. The SMILES string of the molecule is CN(O)C(=O)c1ccc(CNC(=O)OCc2cccs2)cc1. The van der Waals surface area contributed by atoms with E-state index in [1.165, 1.54) is 18.4 Å². The van der Waals surface area contributed by atoms with Gasteiger partial charge in [-0.3, -0.25) is 10.0 Å². The van der Waals surface area contributed by atoms with E-state index in [9.17, 15) is 9.59 Å². The minimum atomic E-state index is -0.497. The van der Waals surface area contributed by atoms with Crippen molar-refractivity contribution in [1.82, 2.24) is 10.4 Å². The van der Waals surface area contributed by atoms with E-state index in [1.807, 2.05) is 17.5 Å². The molecular weight excluding hydrogens is 304 g/mol. The third-order valence-electron chi connectivity index (χ3n) is 2.86. The van der Waals surface area contributed by atoms with Gasteiger partial charge in [-0.25, -0.2) is 9.86 Å². The molecule has 2 rings (SSSR count). The summed E-state index contributed by atoms with van der Waals surface area (Å²) in [6, 6.07) is 10.4. The Balaban J connectivity index is 1.79. The lowest BCUT2D eigenvalue weighted by atomic mass is 10.1. The van der Waals surface area contributed by atoms with Crippen LogP contribution in [0.1, 0.15) is 20.8 Å². The molecule has 116 valence electrons. The number of hydroxylamine groups is 2. The van der Waals surface area contributed by atoms with Crippen molar-refractivity contribution >= 4 is 23.3 Å². The van der Waals surface area contributed by atoms with Gasteiger partial charge in [0.25, 0.3) is 5.91 Å². The number of carbonyl (C=O) groups excluding carboxylic acids is 2. The lowest BCUT2D eigenvalue weighted by molar-refractivity contribution is -0.0374. The van der Waals surface area contributed by atoms with E-state index < -0.39 is 12.0 Å². The highest BCUT2D eigenvalue weighted by molar-refractivity contribution is 7.09. The molecule has 0 saturated heterocycles. The summed E-state index contributed by atoms with van der Waals surface area (Å²) in [4.78, 5) is 24.0. The molecule has 1 heterocycles. The Bertz CT molecular complexity index is 624. The van der Waals surface area contributed by atoms with E-state index in [0.717, 1.165) is 10.4 Å². The molecule has 2 N–H and O–H groups in total. The van der Waals surface area contributed by atoms with Crippen LogP contribution in [0, 0.1) is 0 Å². The minimum Gasteiger partial charge on any atom is -0.444 e. The molecule has 6 nitrogen and oxygen atoms in total. The van der Waals surface area contributed by atoms with Crippen LogP contribution in [0.3, 0.4) is 0 Å². The minimum absolute atomic E-state index is 0.250. The Morgan fingerprint density at radius 2 is 2.00 bits per heavy atom. The van der Waals surface area contributed by atoms with Crippen molar-refractivity contribution in [2.75, 3.05) is 7.05 Å². The van der Waals surface area contributed by atoms with Gasteiger partial charge >= 0.3 is 6.09 Å². The van der Waals surface area contributed by atoms with Gasteiger partial charge < -0.3 is 10.1 Å². The van der Waals surface area contributed by atoms with E-state index >= 15 is 0 Å². The first kappa shape index (κ1) is 16.0. The lowest BCUT2D eigenvalue weighted by Gasteiger charge is -2.09. The number of alkyl carbamates (subject to hydrolysis) is 1.